The number of carbonyl (C=O) groups is 2. The Kier molecular flexibility index (Phi) is 6.06. The predicted molar refractivity (Wildman–Crippen MR) is 90.8 cm³/mol. The third kappa shape index (κ3) is 4.19. The second-order valence-corrected chi connectivity index (χ2v) is 5.36. The van der Waals surface area contributed by atoms with E-state index in [1.807, 2.05) is 0 Å². The number of hydrogen-bond acceptors (Lipinski definition) is 5. The van der Waals surface area contributed by atoms with Crippen LogP contribution in [0.1, 0.15) is 27.6 Å². The van der Waals surface area contributed by atoms with Gasteiger partial charge in [0.05, 0.1) is 24.3 Å². The average molecular weight is 369 g/mol. The molecule has 7 heteroatoms. The molecular weight excluding hydrogens is 355 g/mol. The van der Waals surface area contributed by atoms with Crippen LogP contribution in [0.5, 0.6) is 17.2 Å². The highest BCUT2D eigenvalue weighted by atomic mass is 35.5. The maximum absolute atomic E-state index is 12.3. The average Bonchev–Trinajstić information content (AvgIpc) is 2.57. The molecule has 2 aromatic carbocycles. The summed E-state index contributed by atoms with van der Waals surface area (Å²) in [6.07, 6.45) is 0. The Morgan fingerprint density at radius 1 is 1.08 bits per heavy atom. The van der Waals surface area contributed by atoms with E-state index in [9.17, 15) is 9.59 Å². The molecule has 126 valence electrons. The van der Waals surface area contributed by atoms with Crippen molar-refractivity contribution in [3.05, 3.63) is 52.5 Å². The van der Waals surface area contributed by atoms with Crippen LogP contribution in [0.3, 0.4) is 0 Å². The number of ether oxygens (including phenoxy) is 3. The van der Waals surface area contributed by atoms with E-state index in [4.69, 9.17) is 37.4 Å². The molecule has 0 aromatic heterocycles. The first kappa shape index (κ1) is 18.1. The van der Waals surface area contributed by atoms with Crippen molar-refractivity contribution in [3.8, 4) is 17.2 Å². The topological polar surface area (TPSA) is 61.8 Å². The molecule has 5 nitrogen and oxygen atoms in total. The Morgan fingerprint density at radius 3 is 2.29 bits per heavy atom. The summed E-state index contributed by atoms with van der Waals surface area (Å²) in [5.74, 6) is 0.187. The van der Waals surface area contributed by atoms with Crippen LogP contribution in [0, 0.1) is 0 Å². The summed E-state index contributed by atoms with van der Waals surface area (Å²) in [7, 11) is 1.53. The van der Waals surface area contributed by atoms with Crippen molar-refractivity contribution >= 4 is 34.4 Å². The van der Waals surface area contributed by atoms with Crippen molar-refractivity contribution in [2.45, 2.75) is 6.92 Å². The van der Waals surface area contributed by atoms with E-state index in [1.54, 1.807) is 31.2 Å². The third-order valence-electron chi connectivity index (χ3n) is 3.06. The number of esters is 1. The van der Waals surface area contributed by atoms with Gasteiger partial charge in [-0.2, -0.15) is 0 Å². The van der Waals surface area contributed by atoms with Gasteiger partial charge in [0, 0.05) is 5.56 Å². The molecule has 2 aromatic rings. The van der Waals surface area contributed by atoms with Crippen LogP contribution >= 0.6 is 23.2 Å². The molecule has 0 spiro atoms. The van der Waals surface area contributed by atoms with Crippen molar-refractivity contribution in [1.29, 1.82) is 0 Å². The van der Waals surface area contributed by atoms with Gasteiger partial charge in [0.25, 0.3) is 5.24 Å². The molecule has 0 unspecified atom stereocenters. The van der Waals surface area contributed by atoms with Crippen LogP contribution in [0.2, 0.25) is 5.02 Å². The summed E-state index contributed by atoms with van der Waals surface area (Å²) < 4.78 is 15.8. The number of hydrogen-bond donors (Lipinski definition) is 0. The van der Waals surface area contributed by atoms with Crippen LogP contribution in [-0.2, 0) is 0 Å². The van der Waals surface area contributed by atoms with Crippen LogP contribution < -0.4 is 14.2 Å². The van der Waals surface area contributed by atoms with E-state index in [-0.39, 0.29) is 22.1 Å². The maximum Gasteiger partial charge on any atom is 0.343 e. The molecule has 0 saturated heterocycles. The van der Waals surface area contributed by atoms with Gasteiger partial charge in [0.15, 0.2) is 11.5 Å². The summed E-state index contributed by atoms with van der Waals surface area (Å²) >= 11 is 11.6. The minimum Gasteiger partial charge on any atom is -0.497 e. The van der Waals surface area contributed by atoms with Crippen molar-refractivity contribution in [2.24, 2.45) is 0 Å². The molecule has 0 atom stereocenters. The van der Waals surface area contributed by atoms with Crippen LogP contribution in [0.25, 0.3) is 0 Å². The Hall–Kier alpha value is -2.24. The summed E-state index contributed by atoms with van der Waals surface area (Å²) in [5, 5.41) is -0.641. The second kappa shape index (κ2) is 8.04. The molecule has 0 fully saturated rings. The standard InChI is InChI=1S/C17H14Cl2O5/c1-3-23-14-9-11(16(19)20)8-13(18)15(14)24-17(21)10-4-6-12(22-2)7-5-10/h4-9H,3H2,1-2H3. The molecule has 0 aliphatic heterocycles. The number of benzene rings is 2. The number of carbonyl (C=O) groups excluding carboxylic acids is 2. The van der Waals surface area contributed by atoms with Crippen molar-refractivity contribution in [2.75, 3.05) is 13.7 Å². The van der Waals surface area contributed by atoms with Crippen molar-refractivity contribution in [1.82, 2.24) is 0 Å². The lowest BCUT2D eigenvalue weighted by Gasteiger charge is -2.13. The monoisotopic (exact) mass is 368 g/mol. The first-order valence-electron chi connectivity index (χ1n) is 6.98. The van der Waals surface area contributed by atoms with Crippen molar-refractivity contribution in [3.63, 3.8) is 0 Å². The lowest BCUT2D eigenvalue weighted by atomic mass is 10.2. The van der Waals surface area contributed by atoms with Crippen molar-refractivity contribution < 1.29 is 23.8 Å². The van der Waals surface area contributed by atoms with E-state index in [1.165, 1.54) is 19.2 Å². The van der Waals surface area contributed by atoms with Crippen LogP contribution in [-0.4, -0.2) is 24.9 Å². The van der Waals surface area contributed by atoms with Crippen LogP contribution in [0.15, 0.2) is 36.4 Å². The quantitative estimate of drug-likeness (QED) is 0.431. The van der Waals surface area contributed by atoms with Gasteiger partial charge in [-0.25, -0.2) is 4.79 Å². The van der Waals surface area contributed by atoms with Gasteiger partial charge in [-0.1, -0.05) is 11.6 Å². The molecule has 2 rings (SSSR count). The summed E-state index contributed by atoms with van der Waals surface area (Å²) in [4.78, 5) is 23.6. The highest BCUT2D eigenvalue weighted by Gasteiger charge is 2.19. The lowest BCUT2D eigenvalue weighted by molar-refractivity contribution is 0.0728. The smallest absolute Gasteiger partial charge is 0.343 e. The molecule has 0 saturated carbocycles. The second-order valence-electron chi connectivity index (χ2n) is 4.61. The largest absolute Gasteiger partial charge is 0.497 e. The predicted octanol–water partition coefficient (Wildman–Crippen LogP) is 4.35. The lowest BCUT2D eigenvalue weighted by Crippen LogP contribution is -2.10. The summed E-state index contributed by atoms with van der Waals surface area (Å²) in [5.41, 5.74) is 0.459. The van der Waals surface area contributed by atoms with Gasteiger partial charge in [-0.05, 0) is 54.9 Å². The van der Waals surface area contributed by atoms with E-state index < -0.39 is 11.2 Å². The zero-order chi connectivity index (χ0) is 17.7. The molecule has 0 heterocycles. The molecule has 0 amide bonds. The molecule has 0 aliphatic carbocycles. The molecular formula is C17H14Cl2O5. The fraction of sp³-hybridized carbons (Fsp3) is 0.176. The zero-order valence-electron chi connectivity index (χ0n) is 13.0. The summed E-state index contributed by atoms with van der Waals surface area (Å²) in [6, 6.07) is 9.09. The first-order chi connectivity index (χ1) is 11.5. The highest BCUT2D eigenvalue weighted by molar-refractivity contribution is 6.67. The van der Waals surface area contributed by atoms with Gasteiger partial charge in [0.2, 0.25) is 0 Å². The Labute approximate surface area is 149 Å². The Morgan fingerprint density at radius 2 is 1.75 bits per heavy atom. The molecule has 0 N–H and O–H groups in total. The van der Waals surface area contributed by atoms with Gasteiger partial charge in [-0.15, -0.1) is 0 Å². The summed E-state index contributed by atoms with van der Waals surface area (Å²) in [6.45, 7) is 2.04. The van der Waals surface area contributed by atoms with E-state index >= 15 is 0 Å². The molecule has 24 heavy (non-hydrogen) atoms. The minimum atomic E-state index is -0.689. The molecule has 0 bridgehead atoms. The molecule has 0 radical (unpaired) electrons. The van der Waals surface area contributed by atoms with Gasteiger partial charge in [-0.3, -0.25) is 4.79 Å². The first-order valence-corrected chi connectivity index (χ1v) is 7.74. The number of methoxy groups -OCH3 is 1. The van der Waals surface area contributed by atoms with Gasteiger partial charge < -0.3 is 14.2 Å². The normalized spacial score (nSPS) is 10.2. The highest BCUT2D eigenvalue weighted by Crippen LogP contribution is 2.37. The number of halogens is 2. The van der Waals surface area contributed by atoms with Gasteiger partial charge >= 0.3 is 5.97 Å². The molecule has 0 aliphatic rings. The SMILES string of the molecule is CCOc1cc(C(=O)Cl)cc(Cl)c1OC(=O)c1ccc(OC)cc1. The Bertz CT molecular complexity index is 756. The van der Waals surface area contributed by atoms with Crippen LogP contribution in [0.4, 0.5) is 0 Å². The maximum atomic E-state index is 12.3. The minimum absolute atomic E-state index is 0.0287. The fourth-order valence-electron chi connectivity index (χ4n) is 1.92. The van der Waals surface area contributed by atoms with Gasteiger partial charge in [0.1, 0.15) is 5.75 Å². The van der Waals surface area contributed by atoms with E-state index in [0.29, 0.717) is 17.9 Å². The Balaban J connectivity index is 2.32. The third-order valence-corrected chi connectivity index (χ3v) is 3.56. The number of rotatable bonds is 6. The zero-order valence-corrected chi connectivity index (χ0v) is 14.5. The van der Waals surface area contributed by atoms with E-state index in [0.717, 1.165) is 0 Å². The van der Waals surface area contributed by atoms with E-state index in [2.05, 4.69) is 0 Å². The fourth-order valence-corrected chi connectivity index (χ4v) is 2.28.